The van der Waals surface area contributed by atoms with E-state index in [1.54, 1.807) is 29.2 Å². The van der Waals surface area contributed by atoms with Gasteiger partial charge < -0.3 is 15.2 Å². The van der Waals surface area contributed by atoms with Gasteiger partial charge in [-0.25, -0.2) is 4.79 Å². The van der Waals surface area contributed by atoms with Gasteiger partial charge in [0, 0.05) is 23.5 Å². The molecule has 8 nitrogen and oxygen atoms in total. The zero-order chi connectivity index (χ0) is 27.1. The number of hydrogen-bond donors (Lipinski definition) is 2. The largest absolute Gasteiger partial charge is 0.444 e. The van der Waals surface area contributed by atoms with E-state index in [4.69, 9.17) is 9.84 Å². The zero-order valence-corrected chi connectivity index (χ0v) is 21.8. The lowest BCUT2D eigenvalue weighted by atomic mass is 9.98. The number of aliphatic hydroxyl groups excluding tert-OH is 1. The average molecular weight is 510 g/mol. The van der Waals surface area contributed by atoms with Gasteiger partial charge in [-0.3, -0.25) is 9.67 Å². The Balaban J connectivity index is 1.78. The number of alkyl carbamates (subject to hydrolysis) is 1. The quantitative estimate of drug-likeness (QED) is 0.341. The molecule has 2 aromatic heterocycles. The van der Waals surface area contributed by atoms with Crippen molar-refractivity contribution in [2.24, 2.45) is 0 Å². The van der Waals surface area contributed by atoms with Crippen LogP contribution < -0.4 is 5.32 Å². The Bertz CT molecular complexity index is 1420. The molecule has 4 aromatic rings. The highest BCUT2D eigenvalue weighted by Crippen LogP contribution is 2.35. The molecule has 2 aromatic carbocycles. The van der Waals surface area contributed by atoms with E-state index >= 15 is 0 Å². The number of aromatic nitrogens is 3. The Kier molecular flexibility index (Phi) is 8.19. The summed E-state index contributed by atoms with van der Waals surface area (Å²) in [6.07, 6.45) is 3.39. The van der Waals surface area contributed by atoms with Gasteiger partial charge in [-0.2, -0.15) is 10.4 Å². The van der Waals surface area contributed by atoms with E-state index in [1.807, 2.05) is 75.4 Å². The predicted molar refractivity (Wildman–Crippen MR) is 145 cm³/mol. The summed E-state index contributed by atoms with van der Waals surface area (Å²) in [6, 6.07) is 22.6. The maximum atomic E-state index is 12.7. The first-order valence-corrected chi connectivity index (χ1v) is 12.4. The average Bonchev–Trinajstić information content (AvgIpc) is 3.26. The van der Waals surface area contributed by atoms with Gasteiger partial charge >= 0.3 is 6.09 Å². The molecule has 1 atom stereocenters. The van der Waals surface area contributed by atoms with E-state index in [1.165, 1.54) is 0 Å². The fourth-order valence-electron chi connectivity index (χ4n) is 4.31. The molecule has 38 heavy (non-hydrogen) atoms. The van der Waals surface area contributed by atoms with E-state index in [0.717, 1.165) is 22.3 Å². The molecule has 0 spiro atoms. The van der Waals surface area contributed by atoms with Crippen molar-refractivity contribution in [2.45, 2.75) is 52.0 Å². The smallest absolute Gasteiger partial charge is 0.407 e. The highest BCUT2D eigenvalue weighted by atomic mass is 16.6. The Morgan fingerprint density at radius 2 is 1.82 bits per heavy atom. The molecule has 0 bridgehead atoms. The van der Waals surface area contributed by atoms with Crippen molar-refractivity contribution in [3.63, 3.8) is 0 Å². The van der Waals surface area contributed by atoms with Gasteiger partial charge in [0.1, 0.15) is 11.3 Å². The van der Waals surface area contributed by atoms with E-state index in [-0.39, 0.29) is 12.6 Å². The first kappa shape index (κ1) is 26.6. The molecule has 1 amide bonds. The number of aliphatic hydroxyl groups is 1. The van der Waals surface area contributed by atoms with Crippen LogP contribution in [0.15, 0.2) is 79.1 Å². The number of ether oxygens (including phenoxy) is 1. The van der Waals surface area contributed by atoms with Crippen molar-refractivity contribution in [1.29, 1.82) is 5.26 Å². The Morgan fingerprint density at radius 1 is 1.08 bits per heavy atom. The van der Waals surface area contributed by atoms with Crippen LogP contribution in [0.25, 0.3) is 22.4 Å². The summed E-state index contributed by atoms with van der Waals surface area (Å²) in [7, 11) is 0. The zero-order valence-electron chi connectivity index (χ0n) is 21.8. The number of carbonyl (C=O) groups is 1. The molecule has 0 aliphatic carbocycles. The van der Waals surface area contributed by atoms with Gasteiger partial charge in [-0.15, -0.1) is 0 Å². The summed E-state index contributed by atoms with van der Waals surface area (Å²) >= 11 is 0. The fourth-order valence-corrected chi connectivity index (χ4v) is 4.31. The minimum Gasteiger partial charge on any atom is -0.444 e. The highest BCUT2D eigenvalue weighted by molar-refractivity contribution is 5.83. The molecule has 2 heterocycles. The Hall–Kier alpha value is -4.48. The minimum atomic E-state index is -0.642. The molecule has 8 heteroatoms. The Labute approximate surface area is 222 Å². The van der Waals surface area contributed by atoms with Gasteiger partial charge in [0.2, 0.25) is 0 Å². The normalized spacial score (nSPS) is 12.0. The van der Waals surface area contributed by atoms with Crippen molar-refractivity contribution in [1.82, 2.24) is 20.1 Å². The second kappa shape index (κ2) is 11.7. The first-order chi connectivity index (χ1) is 18.3. The lowest BCUT2D eigenvalue weighted by Crippen LogP contribution is -2.42. The molecule has 0 saturated heterocycles. The van der Waals surface area contributed by atoms with E-state index in [0.29, 0.717) is 29.9 Å². The van der Waals surface area contributed by atoms with Gasteiger partial charge in [0.15, 0.2) is 0 Å². The molecular formula is C30H31N5O3. The number of benzene rings is 2. The number of nitrogens with zero attached hydrogens (tertiary/aromatic N) is 4. The van der Waals surface area contributed by atoms with E-state index < -0.39 is 11.7 Å². The molecule has 0 aliphatic heterocycles. The summed E-state index contributed by atoms with van der Waals surface area (Å²) in [4.78, 5) is 16.9. The molecule has 2 N–H and O–H groups in total. The molecule has 0 unspecified atom stereocenters. The minimum absolute atomic E-state index is 0.271. The van der Waals surface area contributed by atoms with Crippen LogP contribution in [-0.4, -0.2) is 37.6 Å². The topological polar surface area (TPSA) is 113 Å². The maximum Gasteiger partial charge on any atom is 0.407 e. The number of hydrogen-bond acceptors (Lipinski definition) is 6. The van der Waals surface area contributed by atoms with Gasteiger partial charge in [-0.1, -0.05) is 42.5 Å². The summed E-state index contributed by atoms with van der Waals surface area (Å²) in [6.45, 7) is 5.48. The second-order valence-electron chi connectivity index (χ2n) is 9.97. The molecule has 0 fully saturated rings. The van der Waals surface area contributed by atoms with Crippen LogP contribution in [0.2, 0.25) is 0 Å². The summed E-state index contributed by atoms with van der Waals surface area (Å²) < 4.78 is 7.26. The molecule has 0 aliphatic rings. The Morgan fingerprint density at radius 3 is 2.47 bits per heavy atom. The molecule has 194 valence electrons. The van der Waals surface area contributed by atoms with Crippen LogP contribution in [0.3, 0.4) is 0 Å². The van der Waals surface area contributed by atoms with Crippen molar-refractivity contribution < 1.29 is 14.6 Å². The summed E-state index contributed by atoms with van der Waals surface area (Å²) in [5.41, 5.74) is 4.48. The van der Waals surface area contributed by atoms with E-state index in [2.05, 4.69) is 16.4 Å². The van der Waals surface area contributed by atoms with Gasteiger partial charge in [-0.05, 0) is 62.6 Å². The van der Waals surface area contributed by atoms with Crippen LogP contribution in [0, 0.1) is 11.3 Å². The maximum absolute atomic E-state index is 12.7. The van der Waals surface area contributed by atoms with Crippen LogP contribution in [0.1, 0.15) is 37.6 Å². The number of nitrogens with one attached hydrogen (secondary N) is 1. The van der Waals surface area contributed by atoms with Gasteiger partial charge in [0.05, 0.1) is 36.5 Å². The van der Waals surface area contributed by atoms with Crippen molar-refractivity contribution in [3.05, 3.63) is 95.9 Å². The molecule has 4 rings (SSSR count). The first-order valence-electron chi connectivity index (χ1n) is 12.4. The van der Waals surface area contributed by atoms with Crippen molar-refractivity contribution in [2.75, 3.05) is 0 Å². The second-order valence-corrected chi connectivity index (χ2v) is 9.97. The fraction of sp³-hybridized carbons (Fsp3) is 0.267. The standard InChI is InChI=1S/C30H31N5O3/c1-30(2,3)38-29(37)33-25(17-21-8-5-4-6-9-21)19-35-26(20-36)27(23-12-14-32-15-13-23)28(34-35)24-11-7-10-22(16-24)18-31/h4-16,25,36H,17,19-20H2,1-3H3,(H,33,37)/t25-/m0/s1. The predicted octanol–water partition coefficient (Wildman–Crippen LogP) is 5.11. The van der Waals surface area contributed by atoms with Crippen LogP contribution in [-0.2, 0) is 24.3 Å². The van der Waals surface area contributed by atoms with Crippen LogP contribution >= 0.6 is 0 Å². The number of rotatable bonds is 8. The number of carbonyl (C=O) groups excluding carboxylic acids is 1. The summed E-state index contributed by atoms with van der Waals surface area (Å²) in [5, 5.41) is 27.9. The van der Waals surface area contributed by atoms with Gasteiger partial charge in [0.25, 0.3) is 0 Å². The summed E-state index contributed by atoms with van der Waals surface area (Å²) in [5.74, 6) is 0. The third kappa shape index (κ3) is 6.64. The highest BCUT2D eigenvalue weighted by Gasteiger charge is 2.25. The molecule has 0 radical (unpaired) electrons. The SMILES string of the molecule is CC(C)(C)OC(=O)N[C@@H](Cc1ccccc1)Cn1nc(-c2cccc(C#N)c2)c(-c2ccncc2)c1CO. The lowest BCUT2D eigenvalue weighted by molar-refractivity contribution is 0.0498. The third-order valence-corrected chi connectivity index (χ3v) is 5.88. The van der Waals surface area contributed by atoms with Crippen molar-refractivity contribution >= 4 is 6.09 Å². The number of amides is 1. The van der Waals surface area contributed by atoms with E-state index in [9.17, 15) is 15.2 Å². The molecular weight excluding hydrogens is 478 g/mol. The third-order valence-electron chi connectivity index (χ3n) is 5.88. The van der Waals surface area contributed by atoms with Crippen LogP contribution in [0.4, 0.5) is 4.79 Å². The number of pyridine rings is 1. The molecule has 0 saturated carbocycles. The van der Waals surface area contributed by atoms with Crippen LogP contribution in [0.5, 0.6) is 0 Å². The number of nitriles is 1. The monoisotopic (exact) mass is 509 g/mol. The lowest BCUT2D eigenvalue weighted by Gasteiger charge is -2.24. The van der Waals surface area contributed by atoms with Crippen molar-refractivity contribution in [3.8, 4) is 28.5 Å².